The third kappa shape index (κ3) is 3.68. The standard InChI is InChI=1S/C12H16F3N3O4/c1-11(2,3)22-9(20)16-7-6(12(13,14)15)8(19)18(5)10(21)17(7)4/h1-5H3,(H,16,20). The molecule has 124 valence electrons. The van der Waals surface area contributed by atoms with Crippen LogP contribution in [0.2, 0.25) is 0 Å². The van der Waals surface area contributed by atoms with E-state index >= 15 is 0 Å². The second kappa shape index (κ2) is 5.50. The van der Waals surface area contributed by atoms with Crippen molar-refractivity contribution in [2.75, 3.05) is 5.32 Å². The fourth-order valence-electron chi connectivity index (χ4n) is 1.65. The Balaban J connectivity index is 3.51. The van der Waals surface area contributed by atoms with E-state index in [0.29, 0.717) is 9.13 Å². The first-order chi connectivity index (χ1) is 9.75. The molecule has 0 aliphatic heterocycles. The van der Waals surface area contributed by atoms with E-state index < -0.39 is 40.5 Å². The maximum atomic E-state index is 13.1. The monoisotopic (exact) mass is 323 g/mol. The molecule has 1 aromatic rings. The van der Waals surface area contributed by atoms with Crippen molar-refractivity contribution in [3.8, 4) is 0 Å². The second-order valence-electron chi connectivity index (χ2n) is 5.55. The van der Waals surface area contributed by atoms with Gasteiger partial charge in [-0.15, -0.1) is 0 Å². The van der Waals surface area contributed by atoms with E-state index in [0.717, 1.165) is 14.1 Å². The van der Waals surface area contributed by atoms with Gasteiger partial charge >= 0.3 is 18.0 Å². The predicted molar refractivity (Wildman–Crippen MR) is 71.8 cm³/mol. The molecule has 1 heterocycles. The number of rotatable bonds is 1. The fraction of sp³-hybridized carbons (Fsp3) is 0.583. The lowest BCUT2D eigenvalue weighted by atomic mass is 10.2. The Morgan fingerprint density at radius 2 is 1.59 bits per heavy atom. The molecule has 7 nitrogen and oxygen atoms in total. The van der Waals surface area contributed by atoms with E-state index in [9.17, 15) is 27.6 Å². The van der Waals surface area contributed by atoms with Crippen molar-refractivity contribution in [1.82, 2.24) is 9.13 Å². The molecule has 10 heteroatoms. The van der Waals surface area contributed by atoms with Gasteiger partial charge in [0.2, 0.25) is 0 Å². The quantitative estimate of drug-likeness (QED) is 0.848. The largest absolute Gasteiger partial charge is 0.444 e. The first-order valence-electron chi connectivity index (χ1n) is 6.13. The van der Waals surface area contributed by atoms with E-state index in [2.05, 4.69) is 0 Å². The first kappa shape index (κ1) is 17.8. The van der Waals surface area contributed by atoms with Crippen molar-refractivity contribution in [2.24, 2.45) is 14.1 Å². The van der Waals surface area contributed by atoms with Crippen LogP contribution < -0.4 is 16.6 Å². The number of amides is 1. The summed E-state index contributed by atoms with van der Waals surface area (Å²) in [6.45, 7) is 4.54. The zero-order chi connectivity index (χ0) is 17.5. The highest BCUT2D eigenvalue weighted by Crippen LogP contribution is 2.31. The van der Waals surface area contributed by atoms with Gasteiger partial charge in [0.1, 0.15) is 11.4 Å². The van der Waals surface area contributed by atoms with Gasteiger partial charge in [-0.2, -0.15) is 13.2 Å². The number of ether oxygens (including phenoxy) is 1. The number of nitrogens with one attached hydrogen (secondary N) is 1. The average molecular weight is 323 g/mol. The van der Waals surface area contributed by atoms with Gasteiger partial charge in [0.05, 0.1) is 0 Å². The number of halogens is 3. The summed E-state index contributed by atoms with van der Waals surface area (Å²) >= 11 is 0. The van der Waals surface area contributed by atoms with Crippen LogP contribution in [0.4, 0.5) is 23.8 Å². The highest BCUT2D eigenvalue weighted by Gasteiger charge is 2.40. The van der Waals surface area contributed by atoms with E-state index in [1.54, 1.807) is 0 Å². The summed E-state index contributed by atoms with van der Waals surface area (Å²) < 4.78 is 44.9. The topological polar surface area (TPSA) is 82.3 Å². The van der Waals surface area contributed by atoms with Gasteiger partial charge in [-0.1, -0.05) is 0 Å². The van der Waals surface area contributed by atoms with Crippen LogP contribution in [0.3, 0.4) is 0 Å². The summed E-state index contributed by atoms with van der Waals surface area (Å²) in [7, 11) is 1.92. The van der Waals surface area contributed by atoms with Crippen LogP contribution >= 0.6 is 0 Å². The number of alkyl halides is 3. The lowest BCUT2D eigenvalue weighted by molar-refractivity contribution is -0.138. The summed E-state index contributed by atoms with van der Waals surface area (Å²) in [5.74, 6) is -0.963. The van der Waals surface area contributed by atoms with E-state index in [4.69, 9.17) is 4.74 Å². The Kier molecular flexibility index (Phi) is 4.45. The molecule has 1 amide bonds. The highest BCUT2D eigenvalue weighted by molar-refractivity contribution is 5.84. The van der Waals surface area contributed by atoms with Gasteiger partial charge in [0.15, 0.2) is 5.56 Å². The van der Waals surface area contributed by atoms with E-state index in [1.165, 1.54) is 20.8 Å². The fourth-order valence-corrected chi connectivity index (χ4v) is 1.65. The lowest BCUT2D eigenvalue weighted by Gasteiger charge is -2.22. The zero-order valence-electron chi connectivity index (χ0n) is 12.7. The number of nitrogens with zero attached hydrogens (tertiary/aromatic N) is 2. The zero-order valence-corrected chi connectivity index (χ0v) is 12.7. The third-order valence-electron chi connectivity index (χ3n) is 2.57. The predicted octanol–water partition coefficient (Wildman–Crippen LogP) is 1.45. The Hall–Kier alpha value is -2.26. The minimum atomic E-state index is -5.05. The van der Waals surface area contributed by atoms with Gasteiger partial charge in [0.25, 0.3) is 5.56 Å². The molecule has 0 spiro atoms. The first-order valence-corrected chi connectivity index (χ1v) is 6.13. The molecule has 1 rings (SSSR count). The lowest BCUT2D eigenvalue weighted by Crippen LogP contribution is -2.43. The molecule has 0 aliphatic rings. The molecule has 0 radical (unpaired) electrons. The Morgan fingerprint density at radius 3 is 2.00 bits per heavy atom. The van der Waals surface area contributed by atoms with Crippen LogP contribution in [0.1, 0.15) is 26.3 Å². The Bertz CT molecular complexity index is 711. The van der Waals surface area contributed by atoms with E-state index in [1.807, 2.05) is 5.32 Å². The smallest absolute Gasteiger partial charge is 0.425 e. The molecular formula is C12H16F3N3O4. The number of aromatic nitrogens is 2. The SMILES string of the molecule is Cn1c(NC(=O)OC(C)(C)C)c(C(F)(F)F)c(=O)n(C)c1=O. The number of carbonyl (C=O) groups is 1. The Morgan fingerprint density at radius 1 is 1.09 bits per heavy atom. The van der Waals surface area contributed by atoms with Crippen molar-refractivity contribution >= 4 is 11.9 Å². The van der Waals surface area contributed by atoms with Crippen molar-refractivity contribution in [2.45, 2.75) is 32.5 Å². The maximum absolute atomic E-state index is 13.1. The van der Waals surface area contributed by atoms with E-state index in [-0.39, 0.29) is 0 Å². The van der Waals surface area contributed by atoms with Crippen LogP contribution in [-0.2, 0) is 25.0 Å². The molecule has 1 aromatic heterocycles. The second-order valence-corrected chi connectivity index (χ2v) is 5.55. The van der Waals surface area contributed by atoms with Crippen molar-refractivity contribution in [3.63, 3.8) is 0 Å². The number of anilines is 1. The van der Waals surface area contributed by atoms with Crippen molar-refractivity contribution < 1.29 is 22.7 Å². The minimum absolute atomic E-state index is 0.309. The molecule has 0 aliphatic carbocycles. The maximum Gasteiger partial charge on any atom is 0.425 e. The Labute approximate surface area is 123 Å². The molecule has 1 N–H and O–H groups in total. The molecule has 0 saturated carbocycles. The molecule has 0 bridgehead atoms. The molecule has 0 atom stereocenters. The van der Waals surface area contributed by atoms with Gasteiger partial charge in [-0.3, -0.25) is 19.2 Å². The molecule has 0 fully saturated rings. The van der Waals surface area contributed by atoms with Crippen molar-refractivity contribution in [1.29, 1.82) is 0 Å². The summed E-state index contributed by atoms with van der Waals surface area (Å²) in [4.78, 5) is 35.1. The normalized spacial score (nSPS) is 12.2. The third-order valence-corrected chi connectivity index (χ3v) is 2.57. The summed E-state index contributed by atoms with van der Waals surface area (Å²) in [6.07, 6.45) is -6.26. The average Bonchev–Trinajstić information content (AvgIpc) is 2.29. The molecule has 0 unspecified atom stereocenters. The number of hydrogen-bond donors (Lipinski definition) is 1. The molecule has 0 aromatic carbocycles. The number of carbonyl (C=O) groups excluding carboxylic acids is 1. The van der Waals surface area contributed by atoms with Crippen LogP contribution in [0.25, 0.3) is 0 Å². The molecule has 22 heavy (non-hydrogen) atoms. The summed E-state index contributed by atoms with van der Waals surface area (Å²) in [5, 5.41) is 1.82. The van der Waals surface area contributed by atoms with Crippen LogP contribution in [-0.4, -0.2) is 20.8 Å². The van der Waals surface area contributed by atoms with Gasteiger partial charge in [0, 0.05) is 14.1 Å². The minimum Gasteiger partial charge on any atom is -0.444 e. The van der Waals surface area contributed by atoms with Gasteiger partial charge in [-0.25, -0.2) is 9.59 Å². The summed E-state index contributed by atoms with van der Waals surface area (Å²) in [5.41, 5.74) is -5.17. The van der Waals surface area contributed by atoms with Crippen LogP contribution in [0.15, 0.2) is 9.59 Å². The summed E-state index contributed by atoms with van der Waals surface area (Å²) in [6, 6.07) is 0. The van der Waals surface area contributed by atoms with Crippen LogP contribution in [0, 0.1) is 0 Å². The molecule has 0 saturated heterocycles. The highest BCUT2D eigenvalue weighted by atomic mass is 19.4. The van der Waals surface area contributed by atoms with Crippen molar-refractivity contribution in [3.05, 3.63) is 26.4 Å². The van der Waals surface area contributed by atoms with Gasteiger partial charge < -0.3 is 4.74 Å². The van der Waals surface area contributed by atoms with Gasteiger partial charge in [-0.05, 0) is 20.8 Å². The van der Waals surface area contributed by atoms with Crippen LogP contribution in [0.5, 0.6) is 0 Å². The molecular weight excluding hydrogens is 307 g/mol. The number of hydrogen-bond acceptors (Lipinski definition) is 4.